The molecule has 0 unspecified atom stereocenters. The summed E-state index contributed by atoms with van der Waals surface area (Å²) < 4.78 is 0. The average molecular weight is 252 g/mol. The summed E-state index contributed by atoms with van der Waals surface area (Å²) in [5.74, 6) is 0. The number of fused-ring (bicyclic) bond motifs is 1. The minimum Gasteiger partial charge on any atom is -0.363 e. The lowest BCUT2D eigenvalue weighted by atomic mass is 10.1. The minimum atomic E-state index is 0.944. The minimum absolute atomic E-state index is 0.944. The zero-order valence-electron chi connectivity index (χ0n) is 11.4. The molecule has 3 rings (SSSR count). The molecule has 19 heavy (non-hydrogen) atoms. The van der Waals surface area contributed by atoms with Gasteiger partial charge in [-0.3, -0.25) is 0 Å². The van der Waals surface area contributed by atoms with Crippen LogP contribution in [0.2, 0.25) is 0 Å². The Hall–Kier alpha value is -1.80. The second kappa shape index (κ2) is 5.45. The van der Waals surface area contributed by atoms with Crippen LogP contribution in [0.3, 0.4) is 0 Å². The summed E-state index contributed by atoms with van der Waals surface area (Å²) in [6, 6.07) is 17.5. The summed E-state index contributed by atoms with van der Waals surface area (Å²) in [6.07, 6.45) is 0. The topological polar surface area (TPSA) is 15.3 Å². The predicted molar refractivity (Wildman–Crippen MR) is 80.2 cm³/mol. The van der Waals surface area contributed by atoms with Gasteiger partial charge in [0.2, 0.25) is 0 Å². The van der Waals surface area contributed by atoms with Gasteiger partial charge in [0.15, 0.2) is 0 Å². The molecule has 1 aliphatic heterocycles. The summed E-state index contributed by atoms with van der Waals surface area (Å²) >= 11 is 0. The summed E-state index contributed by atoms with van der Waals surface area (Å²) in [5.41, 5.74) is 5.67. The molecule has 2 aromatic rings. The second-order valence-corrected chi connectivity index (χ2v) is 5.03. The molecule has 0 atom stereocenters. The lowest BCUT2D eigenvalue weighted by Gasteiger charge is -2.21. The molecule has 0 aromatic heterocycles. The van der Waals surface area contributed by atoms with Crippen molar-refractivity contribution in [1.29, 1.82) is 0 Å². The van der Waals surface area contributed by atoms with Gasteiger partial charge in [-0.15, -0.1) is 0 Å². The normalized spacial score (nSPS) is 13.6. The number of nitrogens with zero attached hydrogens (tertiary/aromatic N) is 1. The Balaban J connectivity index is 1.84. The highest BCUT2D eigenvalue weighted by Gasteiger charge is 2.20. The van der Waals surface area contributed by atoms with Gasteiger partial charge < -0.3 is 10.2 Å². The van der Waals surface area contributed by atoms with Gasteiger partial charge in [-0.25, -0.2) is 0 Å². The third-order valence-corrected chi connectivity index (χ3v) is 3.74. The van der Waals surface area contributed by atoms with E-state index in [0.717, 1.165) is 26.2 Å². The third kappa shape index (κ3) is 2.49. The zero-order valence-corrected chi connectivity index (χ0v) is 11.4. The standard InChI is InChI=1S/C17H20N2/c1-2-18-11-14-7-5-6-10-17(14)19-12-15-8-3-4-9-16(15)13-19/h3-10,18H,2,11-13H2,1H3. The van der Waals surface area contributed by atoms with E-state index in [4.69, 9.17) is 0 Å². The van der Waals surface area contributed by atoms with E-state index in [2.05, 4.69) is 65.7 Å². The van der Waals surface area contributed by atoms with Crippen molar-refractivity contribution in [2.45, 2.75) is 26.6 Å². The van der Waals surface area contributed by atoms with Crippen LogP contribution in [0.1, 0.15) is 23.6 Å². The summed E-state index contributed by atoms with van der Waals surface area (Å²) in [4.78, 5) is 2.47. The van der Waals surface area contributed by atoms with Gasteiger partial charge in [-0.2, -0.15) is 0 Å². The Kier molecular flexibility index (Phi) is 3.51. The SMILES string of the molecule is CCNCc1ccccc1N1Cc2ccccc2C1. The van der Waals surface area contributed by atoms with Crippen LogP contribution in [0, 0.1) is 0 Å². The number of nitrogens with one attached hydrogen (secondary N) is 1. The largest absolute Gasteiger partial charge is 0.363 e. The predicted octanol–water partition coefficient (Wildman–Crippen LogP) is 3.32. The Morgan fingerprint density at radius 2 is 1.58 bits per heavy atom. The lowest BCUT2D eigenvalue weighted by molar-refractivity contribution is 0.721. The van der Waals surface area contributed by atoms with Crippen molar-refractivity contribution in [2.75, 3.05) is 11.4 Å². The molecule has 0 saturated heterocycles. The highest BCUT2D eigenvalue weighted by Crippen LogP contribution is 2.30. The molecule has 0 amide bonds. The zero-order chi connectivity index (χ0) is 13.1. The molecule has 0 spiro atoms. The summed E-state index contributed by atoms with van der Waals surface area (Å²) in [6.45, 7) is 6.15. The first-order chi connectivity index (χ1) is 9.38. The maximum atomic E-state index is 3.42. The molecule has 98 valence electrons. The molecule has 0 saturated carbocycles. The summed E-state index contributed by atoms with van der Waals surface area (Å²) in [5, 5.41) is 3.42. The van der Waals surface area contributed by atoms with Crippen molar-refractivity contribution in [3.63, 3.8) is 0 Å². The Labute approximate surface area is 115 Å². The van der Waals surface area contributed by atoms with Crippen LogP contribution in [0.4, 0.5) is 5.69 Å². The molecule has 2 nitrogen and oxygen atoms in total. The molecule has 0 radical (unpaired) electrons. The van der Waals surface area contributed by atoms with Gasteiger partial charge in [-0.05, 0) is 29.3 Å². The fraction of sp³-hybridized carbons (Fsp3) is 0.294. The molecule has 1 N–H and O–H groups in total. The van der Waals surface area contributed by atoms with Crippen molar-refractivity contribution >= 4 is 5.69 Å². The van der Waals surface area contributed by atoms with Crippen molar-refractivity contribution in [3.05, 3.63) is 65.2 Å². The van der Waals surface area contributed by atoms with Crippen LogP contribution >= 0.6 is 0 Å². The lowest BCUT2D eigenvalue weighted by Crippen LogP contribution is -2.19. The molecular weight excluding hydrogens is 232 g/mol. The van der Waals surface area contributed by atoms with Crippen LogP contribution in [-0.4, -0.2) is 6.54 Å². The Morgan fingerprint density at radius 1 is 0.947 bits per heavy atom. The van der Waals surface area contributed by atoms with Crippen molar-refractivity contribution < 1.29 is 0 Å². The van der Waals surface area contributed by atoms with Crippen molar-refractivity contribution in [1.82, 2.24) is 5.32 Å². The van der Waals surface area contributed by atoms with Crippen LogP contribution in [0.25, 0.3) is 0 Å². The monoisotopic (exact) mass is 252 g/mol. The molecular formula is C17H20N2. The number of benzene rings is 2. The molecule has 0 bridgehead atoms. The van der Waals surface area contributed by atoms with Gasteiger partial charge in [0, 0.05) is 25.3 Å². The smallest absolute Gasteiger partial charge is 0.0436 e. The van der Waals surface area contributed by atoms with E-state index in [0.29, 0.717) is 0 Å². The van der Waals surface area contributed by atoms with Gasteiger partial charge in [0.1, 0.15) is 0 Å². The second-order valence-electron chi connectivity index (χ2n) is 5.03. The van der Waals surface area contributed by atoms with Crippen LogP contribution in [0.5, 0.6) is 0 Å². The fourth-order valence-electron chi connectivity index (χ4n) is 2.73. The van der Waals surface area contributed by atoms with Gasteiger partial charge in [0.05, 0.1) is 0 Å². The van der Waals surface area contributed by atoms with Crippen LogP contribution in [0.15, 0.2) is 48.5 Å². The van der Waals surface area contributed by atoms with Crippen LogP contribution < -0.4 is 10.2 Å². The Morgan fingerprint density at radius 3 is 2.26 bits per heavy atom. The van der Waals surface area contributed by atoms with Crippen molar-refractivity contribution in [3.8, 4) is 0 Å². The molecule has 0 fully saturated rings. The van der Waals surface area contributed by atoms with E-state index in [1.165, 1.54) is 22.4 Å². The molecule has 2 heteroatoms. The highest BCUT2D eigenvalue weighted by atomic mass is 15.1. The maximum Gasteiger partial charge on any atom is 0.0436 e. The number of anilines is 1. The number of para-hydroxylation sites is 1. The molecule has 0 aliphatic carbocycles. The molecule has 1 aliphatic rings. The maximum absolute atomic E-state index is 3.42. The Bertz CT molecular complexity index is 538. The van der Waals surface area contributed by atoms with Gasteiger partial charge in [-0.1, -0.05) is 49.4 Å². The summed E-state index contributed by atoms with van der Waals surface area (Å²) in [7, 11) is 0. The number of rotatable bonds is 4. The van der Waals surface area contributed by atoms with Crippen molar-refractivity contribution in [2.24, 2.45) is 0 Å². The van der Waals surface area contributed by atoms with Gasteiger partial charge >= 0.3 is 0 Å². The van der Waals surface area contributed by atoms with Gasteiger partial charge in [0.25, 0.3) is 0 Å². The quantitative estimate of drug-likeness (QED) is 0.898. The van der Waals surface area contributed by atoms with Crippen LogP contribution in [-0.2, 0) is 19.6 Å². The first-order valence-electron chi connectivity index (χ1n) is 6.99. The highest BCUT2D eigenvalue weighted by molar-refractivity contribution is 5.57. The van der Waals surface area contributed by atoms with E-state index >= 15 is 0 Å². The fourth-order valence-corrected chi connectivity index (χ4v) is 2.73. The van der Waals surface area contributed by atoms with E-state index in [9.17, 15) is 0 Å². The van der Waals surface area contributed by atoms with E-state index < -0.39 is 0 Å². The first kappa shape index (κ1) is 12.2. The number of hydrogen-bond acceptors (Lipinski definition) is 2. The average Bonchev–Trinajstić information content (AvgIpc) is 2.89. The molecule has 2 aromatic carbocycles. The van der Waals surface area contributed by atoms with E-state index in [1.807, 2.05) is 0 Å². The number of hydrogen-bond donors (Lipinski definition) is 1. The first-order valence-corrected chi connectivity index (χ1v) is 6.99. The van der Waals surface area contributed by atoms with E-state index in [1.54, 1.807) is 0 Å². The molecule has 1 heterocycles. The third-order valence-electron chi connectivity index (χ3n) is 3.74. The van der Waals surface area contributed by atoms with E-state index in [-0.39, 0.29) is 0 Å².